The molecule has 1 saturated heterocycles. The third-order valence-electron chi connectivity index (χ3n) is 3.13. The van der Waals surface area contributed by atoms with Gasteiger partial charge in [0.25, 0.3) is 0 Å². The number of rotatable bonds is 3. The molecule has 1 unspecified atom stereocenters. The van der Waals surface area contributed by atoms with E-state index in [0.717, 1.165) is 24.3 Å². The number of nitrogens with zero attached hydrogens (tertiary/aromatic N) is 1. The van der Waals surface area contributed by atoms with Gasteiger partial charge < -0.3 is 10.0 Å². The van der Waals surface area contributed by atoms with Gasteiger partial charge in [0.2, 0.25) is 5.91 Å². The third-order valence-corrected chi connectivity index (χ3v) is 4.13. The summed E-state index contributed by atoms with van der Waals surface area (Å²) in [5, 5.41) is 9.54. The van der Waals surface area contributed by atoms with E-state index in [2.05, 4.69) is 19.1 Å². The monoisotopic (exact) mass is 265 g/mol. The normalized spacial score (nSPS) is 19.9. The zero-order valence-electron chi connectivity index (χ0n) is 10.6. The van der Waals surface area contributed by atoms with Crippen molar-refractivity contribution in [1.82, 2.24) is 4.90 Å². The van der Waals surface area contributed by atoms with Crippen molar-refractivity contribution in [3.05, 3.63) is 29.8 Å². The fraction of sp³-hybridized carbons (Fsp3) is 0.500. The molecule has 1 aromatic carbocycles. The molecule has 3 nitrogen and oxygen atoms in total. The summed E-state index contributed by atoms with van der Waals surface area (Å²) >= 11 is 1.56. The number of carbonyl (C=O) groups is 1. The average Bonchev–Trinajstić information content (AvgIpc) is 2.38. The molecule has 1 aliphatic heterocycles. The maximum absolute atomic E-state index is 12.0. The number of benzene rings is 1. The number of piperidine rings is 1. The van der Waals surface area contributed by atoms with Crippen LogP contribution in [0.25, 0.3) is 0 Å². The first-order valence-corrected chi connectivity index (χ1v) is 7.29. The number of aliphatic hydroxyl groups is 1. The summed E-state index contributed by atoms with van der Waals surface area (Å²) in [4.78, 5) is 14.9. The fourth-order valence-electron chi connectivity index (χ4n) is 2.05. The second kappa shape index (κ2) is 6.25. The van der Waals surface area contributed by atoms with E-state index >= 15 is 0 Å². The summed E-state index contributed by atoms with van der Waals surface area (Å²) in [7, 11) is 0. The van der Waals surface area contributed by atoms with Crippen LogP contribution in [-0.2, 0) is 4.79 Å². The minimum Gasteiger partial charge on any atom is -0.391 e. The molecule has 2 rings (SSSR count). The van der Waals surface area contributed by atoms with Gasteiger partial charge in [0, 0.05) is 18.0 Å². The second-order valence-electron chi connectivity index (χ2n) is 4.74. The minimum absolute atomic E-state index is 0.124. The van der Waals surface area contributed by atoms with Crippen molar-refractivity contribution in [1.29, 1.82) is 0 Å². The lowest BCUT2D eigenvalue weighted by molar-refractivity contribution is -0.131. The molecule has 0 bridgehead atoms. The predicted octanol–water partition coefficient (Wildman–Crippen LogP) is 2.07. The quantitative estimate of drug-likeness (QED) is 0.851. The maximum Gasteiger partial charge on any atom is 0.233 e. The maximum atomic E-state index is 12.0. The summed E-state index contributed by atoms with van der Waals surface area (Å²) in [6.07, 6.45) is 1.38. The molecule has 1 N–H and O–H groups in total. The second-order valence-corrected chi connectivity index (χ2v) is 5.79. The van der Waals surface area contributed by atoms with Gasteiger partial charge in [-0.1, -0.05) is 17.7 Å². The van der Waals surface area contributed by atoms with E-state index in [0.29, 0.717) is 12.3 Å². The first-order valence-electron chi connectivity index (χ1n) is 6.30. The van der Waals surface area contributed by atoms with Gasteiger partial charge in [-0.05, 0) is 31.9 Å². The summed E-state index contributed by atoms with van der Waals surface area (Å²) in [5.74, 6) is 0.579. The molecule has 0 aromatic heterocycles. The van der Waals surface area contributed by atoms with E-state index in [-0.39, 0.29) is 12.0 Å². The Balaban J connectivity index is 1.82. The number of hydrogen-bond donors (Lipinski definition) is 1. The van der Waals surface area contributed by atoms with Crippen LogP contribution in [-0.4, -0.2) is 40.9 Å². The molecule has 0 aliphatic carbocycles. The van der Waals surface area contributed by atoms with E-state index in [9.17, 15) is 9.90 Å². The van der Waals surface area contributed by atoms with Crippen LogP contribution >= 0.6 is 11.8 Å². The van der Waals surface area contributed by atoms with Gasteiger partial charge >= 0.3 is 0 Å². The zero-order valence-corrected chi connectivity index (χ0v) is 11.4. The van der Waals surface area contributed by atoms with E-state index in [1.807, 2.05) is 12.1 Å². The first kappa shape index (κ1) is 13.4. The number of amides is 1. The van der Waals surface area contributed by atoms with E-state index in [4.69, 9.17) is 0 Å². The summed E-state index contributed by atoms with van der Waals surface area (Å²) in [6.45, 7) is 3.33. The Labute approximate surface area is 112 Å². The molecule has 1 aromatic rings. The van der Waals surface area contributed by atoms with Gasteiger partial charge in [-0.2, -0.15) is 0 Å². The standard InChI is InChI=1S/C14H19NO2S/c1-11-4-6-13(7-5-11)18-10-14(17)15-8-2-3-12(16)9-15/h4-7,12,16H,2-3,8-10H2,1H3. The van der Waals surface area contributed by atoms with Crippen LogP contribution in [0.2, 0.25) is 0 Å². The molecule has 1 aliphatic rings. The minimum atomic E-state index is -0.341. The van der Waals surface area contributed by atoms with Gasteiger partial charge in [0.15, 0.2) is 0 Å². The molecule has 18 heavy (non-hydrogen) atoms. The largest absolute Gasteiger partial charge is 0.391 e. The zero-order chi connectivity index (χ0) is 13.0. The Kier molecular flexibility index (Phi) is 4.66. The number of aryl methyl sites for hydroxylation is 1. The molecule has 98 valence electrons. The lowest BCUT2D eigenvalue weighted by Crippen LogP contribution is -2.42. The topological polar surface area (TPSA) is 40.5 Å². The van der Waals surface area contributed by atoms with E-state index in [1.165, 1.54) is 5.56 Å². The predicted molar refractivity (Wildman–Crippen MR) is 73.7 cm³/mol. The van der Waals surface area contributed by atoms with Crippen molar-refractivity contribution >= 4 is 17.7 Å². The molecule has 0 saturated carbocycles. The molecule has 0 spiro atoms. The summed E-state index contributed by atoms with van der Waals surface area (Å²) < 4.78 is 0. The number of aliphatic hydroxyl groups excluding tert-OH is 1. The van der Waals surface area contributed by atoms with Gasteiger partial charge in [-0.3, -0.25) is 4.79 Å². The van der Waals surface area contributed by atoms with E-state index in [1.54, 1.807) is 16.7 Å². The highest BCUT2D eigenvalue weighted by molar-refractivity contribution is 8.00. The number of β-amino-alcohol motifs (C(OH)–C–C–N with tert-alkyl or cyclic N) is 1. The van der Waals surface area contributed by atoms with Crippen LogP contribution in [0.5, 0.6) is 0 Å². The van der Waals surface area contributed by atoms with Crippen LogP contribution < -0.4 is 0 Å². The van der Waals surface area contributed by atoms with Gasteiger partial charge in [-0.25, -0.2) is 0 Å². The van der Waals surface area contributed by atoms with Gasteiger partial charge in [0.05, 0.1) is 11.9 Å². The van der Waals surface area contributed by atoms with Gasteiger partial charge in [0.1, 0.15) is 0 Å². The number of thioether (sulfide) groups is 1. The fourth-order valence-corrected chi connectivity index (χ4v) is 2.85. The van der Waals surface area contributed by atoms with Crippen molar-refractivity contribution in [2.24, 2.45) is 0 Å². The highest BCUT2D eigenvalue weighted by Gasteiger charge is 2.21. The average molecular weight is 265 g/mol. The highest BCUT2D eigenvalue weighted by Crippen LogP contribution is 2.19. The first-order chi connectivity index (χ1) is 8.65. The SMILES string of the molecule is Cc1ccc(SCC(=O)N2CCCC(O)C2)cc1. The molecule has 4 heteroatoms. The number of hydrogen-bond acceptors (Lipinski definition) is 3. The van der Waals surface area contributed by atoms with Crippen LogP contribution in [0.1, 0.15) is 18.4 Å². The molecule has 1 amide bonds. The highest BCUT2D eigenvalue weighted by atomic mass is 32.2. The molecule has 1 atom stereocenters. The Bertz CT molecular complexity index is 405. The van der Waals surface area contributed by atoms with Gasteiger partial charge in [-0.15, -0.1) is 11.8 Å². The van der Waals surface area contributed by atoms with Crippen LogP contribution in [0.4, 0.5) is 0 Å². The smallest absolute Gasteiger partial charge is 0.233 e. The summed E-state index contributed by atoms with van der Waals surface area (Å²) in [6, 6.07) is 8.19. The molecule has 1 fully saturated rings. The Morgan fingerprint density at radius 1 is 1.44 bits per heavy atom. The van der Waals surface area contributed by atoms with Crippen molar-refractivity contribution in [2.75, 3.05) is 18.8 Å². The lowest BCUT2D eigenvalue weighted by atomic mass is 10.1. The van der Waals surface area contributed by atoms with E-state index < -0.39 is 0 Å². The van der Waals surface area contributed by atoms with Crippen molar-refractivity contribution in [3.63, 3.8) is 0 Å². The van der Waals surface area contributed by atoms with Crippen molar-refractivity contribution < 1.29 is 9.90 Å². The van der Waals surface area contributed by atoms with Crippen molar-refractivity contribution in [2.45, 2.75) is 30.8 Å². The number of likely N-dealkylation sites (tertiary alicyclic amines) is 1. The summed E-state index contributed by atoms with van der Waals surface area (Å²) in [5.41, 5.74) is 1.23. The Morgan fingerprint density at radius 2 is 2.17 bits per heavy atom. The lowest BCUT2D eigenvalue weighted by Gasteiger charge is -2.30. The Hall–Kier alpha value is -1.00. The Morgan fingerprint density at radius 3 is 2.83 bits per heavy atom. The molecular formula is C14H19NO2S. The van der Waals surface area contributed by atoms with Crippen molar-refractivity contribution in [3.8, 4) is 0 Å². The molecular weight excluding hydrogens is 246 g/mol. The molecule has 1 heterocycles. The molecule has 0 radical (unpaired) electrons. The van der Waals surface area contributed by atoms with Crippen LogP contribution in [0, 0.1) is 6.92 Å². The van der Waals surface area contributed by atoms with Crippen LogP contribution in [0.15, 0.2) is 29.2 Å². The third kappa shape index (κ3) is 3.75. The van der Waals surface area contributed by atoms with Crippen LogP contribution in [0.3, 0.4) is 0 Å². The number of carbonyl (C=O) groups excluding carboxylic acids is 1.